The van der Waals surface area contributed by atoms with Crippen LogP contribution in [-0.2, 0) is 4.08 Å². The maximum Gasteiger partial charge on any atom is 0.175 e. The number of anilines is 2. The molecule has 2 unspecified atom stereocenters. The van der Waals surface area contributed by atoms with E-state index in [9.17, 15) is 5.11 Å². The summed E-state index contributed by atoms with van der Waals surface area (Å²) in [7, 11) is -0.180. The summed E-state index contributed by atoms with van der Waals surface area (Å²) in [4.78, 5) is 1.51. The molecule has 2 aromatic rings. The van der Waals surface area contributed by atoms with Gasteiger partial charge in [-0.05, 0) is 96.6 Å². The highest BCUT2D eigenvalue weighted by molar-refractivity contribution is 8.27. The van der Waals surface area contributed by atoms with Crippen LogP contribution < -0.4 is 10.6 Å². The van der Waals surface area contributed by atoms with Gasteiger partial charge in [0, 0.05) is 16.0 Å². The zero-order valence-corrected chi connectivity index (χ0v) is 20.5. The predicted molar refractivity (Wildman–Crippen MR) is 138 cm³/mol. The van der Waals surface area contributed by atoms with Crippen LogP contribution in [0, 0.1) is 0 Å². The van der Waals surface area contributed by atoms with E-state index in [2.05, 4.69) is 53.9 Å². The molecule has 152 valence electrons. The molecule has 3 rings (SSSR count). The molecule has 0 spiro atoms. The minimum Gasteiger partial charge on any atom is -0.508 e. The maximum atomic E-state index is 9.41. The number of rotatable bonds is 5. The zero-order chi connectivity index (χ0) is 20.3. The quantitative estimate of drug-likeness (QED) is 0.181. The molecule has 1 heterocycles. The Morgan fingerprint density at radius 3 is 2.29 bits per heavy atom. The lowest BCUT2D eigenvalue weighted by molar-refractivity contribution is 0.475. The zero-order valence-electron chi connectivity index (χ0n) is 16.4. The van der Waals surface area contributed by atoms with Crippen LogP contribution in [-0.4, -0.2) is 39.8 Å². The Hall–Kier alpha value is -0.670. The van der Waals surface area contributed by atoms with Crippen LogP contribution in [0.25, 0.3) is 0 Å². The van der Waals surface area contributed by atoms with E-state index >= 15 is 0 Å². The normalized spacial score (nSPS) is 21.6. The summed E-state index contributed by atoms with van der Waals surface area (Å²) in [6.45, 7) is 0. The Balaban J connectivity index is 1.85. The van der Waals surface area contributed by atoms with E-state index in [1.54, 1.807) is 24.3 Å². The Morgan fingerprint density at radius 2 is 1.68 bits per heavy atom. The Kier molecular flexibility index (Phi) is 7.42. The first-order valence-electron chi connectivity index (χ1n) is 8.80. The molecule has 2 atom stereocenters. The third-order valence-corrected chi connectivity index (χ3v) is 12.8. The third-order valence-electron chi connectivity index (χ3n) is 4.98. The Labute approximate surface area is 188 Å². The van der Waals surface area contributed by atoms with E-state index in [-0.39, 0.29) is 20.7 Å². The van der Waals surface area contributed by atoms with Crippen molar-refractivity contribution in [1.82, 2.24) is 0 Å². The minimum atomic E-state index is -0.180. The molecule has 8 heteroatoms. The minimum absolute atomic E-state index is 0.0849. The smallest absolute Gasteiger partial charge is 0.175 e. The molecule has 1 aliphatic rings. The number of thiocarbonyl (C=S) groups is 1. The highest BCUT2D eigenvalue weighted by Crippen LogP contribution is 2.62. The maximum absolute atomic E-state index is 9.41. The largest absolute Gasteiger partial charge is 0.508 e. The highest BCUT2D eigenvalue weighted by atomic mass is 32.2. The molecule has 3 nitrogen and oxygen atoms in total. The van der Waals surface area contributed by atoms with E-state index in [0.717, 1.165) is 11.4 Å². The van der Waals surface area contributed by atoms with Crippen LogP contribution in [0.4, 0.5) is 11.4 Å². The first-order chi connectivity index (χ1) is 13.4. The van der Waals surface area contributed by atoms with Gasteiger partial charge in [-0.3, -0.25) is 0 Å². The highest BCUT2D eigenvalue weighted by Gasteiger charge is 2.41. The number of thioether (sulfide) groups is 3. The fraction of sp³-hybridized carbons (Fsp3) is 0.350. The molecule has 0 saturated heterocycles. The Bertz CT molecular complexity index is 839. The van der Waals surface area contributed by atoms with Crippen LogP contribution in [0.2, 0.25) is 0 Å². The number of phenols is 1. The molecule has 0 fully saturated rings. The van der Waals surface area contributed by atoms with Crippen molar-refractivity contribution in [2.75, 3.05) is 35.7 Å². The van der Waals surface area contributed by atoms with Gasteiger partial charge in [0.2, 0.25) is 0 Å². The van der Waals surface area contributed by atoms with Gasteiger partial charge in [0.1, 0.15) is 5.75 Å². The summed E-state index contributed by atoms with van der Waals surface area (Å²) in [5.74, 6) is 0.240. The van der Waals surface area contributed by atoms with E-state index in [4.69, 9.17) is 12.2 Å². The van der Waals surface area contributed by atoms with Gasteiger partial charge in [-0.15, -0.1) is 23.5 Å². The van der Waals surface area contributed by atoms with Gasteiger partial charge < -0.3 is 15.7 Å². The number of benzene rings is 2. The van der Waals surface area contributed by atoms with Crippen molar-refractivity contribution in [3.63, 3.8) is 0 Å². The van der Waals surface area contributed by atoms with Crippen molar-refractivity contribution in [3.8, 4) is 5.75 Å². The summed E-state index contributed by atoms with van der Waals surface area (Å²) in [5, 5.41) is 16.4. The molecule has 1 aliphatic heterocycles. The monoisotopic (exact) mass is 470 g/mol. The van der Waals surface area contributed by atoms with E-state index in [1.807, 2.05) is 35.3 Å². The fourth-order valence-electron chi connectivity index (χ4n) is 3.41. The standard InChI is InChI=1S/C20H26N2OS5/c1-25-18-12-20(26-2,27-3)16-11-14(7-10-17(16)28(18)4)22-19(24)21-13-5-8-15(23)9-6-13/h5-11,18,23,28H,12H2,1-4H3,(H2,21,22,24). The van der Waals surface area contributed by atoms with Gasteiger partial charge in [-0.25, -0.2) is 10.9 Å². The number of phenolic OH excluding ortho intramolecular Hbond substituents is 1. The topological polar surface area (TPSA) is 44.3 Å². The number of hydrogen-bond acceptors (Lipinski definition) is 5. The molecular formula is C20H26N2OS5. The van der Waals surface area contributed by atoms with Gasteiger partial charge in [0.25, 0.3) is 0 Å². The molecule has 28 heavy (non-hydrogen) atoms. The van der Waals surface area contributed by atoms with Crippen molar-refractivity contribution in [3.05, 3.63) is 48.0 Å². The molecule has 3 N–H and O–H groups in total. The summed E-state index contributed by atoms with van der Waals surface area (Å²) in [6, 6.07) is 13.6. The van der Waals surface area contributed by atoms with Gasteiger partial charge in [-0.2, -0.15) is 11.8 Å². The fourth-order valence-corrected chi connectivity index (χ4v) is 10.2. The molecule has 0 radical (unpaired) electrons. The number of thiol groups is 1. The average molecular weight is 471 g/mol. The summed E-state index contributed by atoms with van der Waals surface area (Å²) in [5.41, 5.74) is 3.29. The molecule has 0 aromatic heterocycles. The second-order valence-electron chi connectivity index (χ2n) is 6.52. The lowest BCUT2D eigenvalue weighted by Crippen LogP contribution is -2.29. The van der Waals surface area contributed by atoms with E-state index in [1.165, 1.54) is 16.9 Å². The van der Waals surface area contributed by atoms with Gasteiger partial charge in [0.05, 0.1) is 4.08 Å². The SMILES string of the molecule is CSC1CC(SC)(SC)c2cc(NC(=S)Nc3ccc(O)cc3)ccc2[SH]1C. The molecule has 2 aromatic carbocycles. The molecule has 0 amide bonds. The molecular weight excluding hydrogens is 445 g/mol. The molecule has 0 bridgehead atoms. The first kappa shape index (κ1) is 22.0. The van der Waals surface area contributed by atoms with E-state index < -0.39 is 0 Å². The second kappa shape index (κ2) is 9.43. The summed E-state index contributed by atoms with van der Waals surface area (Å²) in [6.07, 6.45) is 10.3. The predicted octanol–water partition coefficient (Wildman–Crippen LogP) is 6.16. The summed E-state index contributed by atoms with van der Waals surface area (Å²) < 4.78 is 0.778. The first-order valence-corrected chi connectivity index (χ1v) is 14.8. The van der Waals surface area contributed by atoms with Gasteiger partial charge in [-0.1, -0.05) is 0 Å². The van der Waals surface area contributed by atoms with Crippen LogP contribution in [0.15, 0.2) is 47.4 Å². The number of nitrogens with one attached hydrogen (secondary N) is 2. The Morgan fingerprint density at radius 1 is 1.07 bits per heavy atom. The average Bonchev–Trinajstić information content (AvgIpc) is 2.70. The van der Waals surface area contributed by atoms with Crippen LogP contribution in [0.1, 0.15) is 12.0 Å². The third kappa shape index (κ3) is 4.56. The van der Waals surface area contributed by atoms with Crippen molar-refractivity contribution >= 4 is 74.9 Å². The van der Waals surface area contributed by atoms with Crippen molar-refractivity contribution < 1.29 is 5.11 Å². The van der Waals surface area contributed by atoms with Crippen LogP contribution in [0.5, 0.6) is 5.75 Å². The second-order valence-corrected chi connectivity index (χ2v) is 13.1. The molecule has 0 saturated carbocycles. The lowest BCUT2D eigenvalue weighted by atomic mass is 10.1. The molecule has 0 aliphatic carbocycles. The van der Waals surface area contributed by atoms with E-state index in [0.29, 0.717) is 9.69 Å². The lowest BCUT2D eigenvalue weighted by Gasteiger charge is -2.45. The number of aromatic hydroxyl groups is 1. The van der Waals surface area contributed by atoms with Crippen LogP contribution >= 0.6 is 58.4 Å². The van der Waals surface area contributed by atoms with Crippen molar-refractivity contribution in [2.24, 2.45) is 0 Å². The van der Waals surface area contributed by atoms with Gasteiger partial charge in [0.15, 0.2) is 5.11 Å². The van der Waals surface area contributed by atoms with Crippen LogP contribution in [0.3, 0.4) is 0 Å². The van der Waals surface area contributed by atoms with Crippen molar-refractivity contribution in [2.45, 2.75) is 20.0 Å². The van der Waals surface area contributed by atoms with Gasteiger partial charge >= 0.3 is 0 Å². The number of hydrogen-bond donors (Lipinski definition) is 4. The number of fused-ring (bicyclic) bond motifs is 1. The summed E-state index contributed by atoms with van der Waals surface area (Å²) >= 11 is 11.4. The van der Waals surface area contributed by atoms with Crippen molar-refractivity contribution in [1.29, 1.82) is 0 Å².